The van der Waals surface area contributed by atoms with E-state index in [1.165, 1.54) is 0 Å². The first-order valence-electron chi connectivity index (χ1n) is 3.73. The quantitative estimate of drug-likeness (QED) is 0.608. The van der Waals surface area contributed by atoms with Crippen molar-refractivity contribution >= 4 is 5.97 Å². The number of carboxylic acid groups (broad SMARTS) is 1. The number of hydrogen-bond acceptors (Lipinski definition) is 2. The normalized spacial score (nSPS) is 31.3. The lowest BCUT2D eigenvalue weighted by Crippen LogP contribution is -2.56. The Morgan fingerprint density at radius 3 is 2.80 bits per heavy atom. The number of rotatable bonds is 3. The first kappa shape index (κ1) is 7.54. The fourth-order valence-electron chi connectivity index (χ4n) is 1.27. The lowest BCUT2D eigenvalue weighted by Gasteiger charge is -2.34. The Morgan fingerprint density at radius 2 is 2.40 bits per heavy atom. The van der Waals surface area contributed by atoms with Gasteiger partial charge in [-0.25, -0.2) is 0 Å². The van der Waals surface area contributed by atoms with Gasteiger partial charge in [0.15, 0.2) is 0 Å². The molecule has 1 aliphatic heterocycles. The highest BCUT2D eigenvalue weighted by atomic mass is 16.4. The van der Waals surface area contributed by atoms with Crippen molar-refractivity contribution in [2.24, 2.45) is 0 Å². The molecule has 1 fully saturated rings. The third-order valence-corrected chi connectivity index (χ3v) is 1.89. The molecule has 0 radical (unpaired) electrons. The molecule has 2 atom stereocenters. The van der Waals surface area contributed by atoms with Crippen LogP contribution in [-0.4, -0.2) is 23.2 Å². The summed E-state index contributed by atoms with van der Waals surface area (Å²) in [4.78, 5) is 10.3. The summed E-state index contributed by atoms with van der Waals surface area (Å²) in [6.07, 6.45) is 3.04. The highest BCUT2D eigenvalue weighted by Gasteiger charge is 2.32. The summed E-state index contributed by atoms with van der Waals surface area (Å²) in [6.45, 7) is 2.11. The van der Waals surface area contributed by atoms with E-state index in [0.717, 1.165) is 19.3 Å². The van der Waals surface area contributed by atoms with Crippen molar-refractivity contribution in [3.63, 3.8) is 0 Å². The molecule has 0 amide bonds. The summed E-state index contributed by atoms with van der Waals surface area (Å²) in [6, 6.07) is 0.197. The summed E-state index contributed by atoms with van der Waals surface area (Å²) >= 11 is 0. The molecule has 3 nitrogen and oxygen atoms in total. The van der Waals surface area contributed by atoms with Crippen molar-refractivity contribution in [3.8, 4) is 0 Å². The van der Waals surface area contributed by atoms with Gasteiger partial charge in [-0.15, -0.1) is 0 Å². The molecule has 1 saturated heterocycles. The molecule has 0 aromatic rings. The molecular formula is C7H13NO2. The summed E-state index contributed by atoms with van der Waals surface area (Å²) in [5.74, 6) is -0.715. The maximum absolute atomic E-state index is 10.3. The van der Waals surface area contributed by atoms with Crippen LogP contribution in [0, 0.1) is 0 Å². The van der Waals surface area contributed by atoms with E-state index in [4.69, 9.17) is 5.11 Å². The molecule has 0 aliphatic carbocycles. The van der Waals surface area contributed by atoms with Gasteiger partial charge in [0, 0.05) is 6.04 Å². The van der Waals surface area contributed by atoms with Crippen LogP contribution in [0.4, 0.5) is 0 Å². The van der Waals surface area contributed by atoms with Crippen LogP contribution in [0.15, 0.2) is 0 Å². The molecule has 1 rings (SSSR count). The number of carboxylic acids is 1. The third-order valence-electron chi connectivity index (χ3n) is 1.89. The average molecular weight is 143 g/mol. The van der Waals surface area contributed by atoms with Crippen LogP contribution in [0.1, 0.15) is 26.2 Å². The monoisotopic (exact) mass is 143 g/mol. The lowest BCUT2D eigenvalue weighted by atomic mass is 9.94. The van der Waals surface area contributed by atoms with Gasteiger partial charge in [0.1, 0.15) is 6.04 Å². The largest absolute Gasteiger partial charge is 0.480 e. The Bertz CT molecular complexity index is 130. The molecule has 0 spiro atoms. The summed E-state index contributed by atoms with van der Waals surface area (Å²) < 4.78 is 0. The molecule has 2 N–H and O–H groups in total. The van der Waals surface area contributed by atoms with Crippen LogP contribution >= 0.6 is 0 Å². The minimum atomic E-state index is -0.715. The van der Waals surface area contributed by atoms with Crippen molar-refractivity contribution in [1.29, 1.82) is 0 Å². The van der Waals surface area contributed by atoms with E-state index in [0.29, 0.717) is 6.04 Å². The minimum Gasteiger partial charge on any atom is -0.480 e. The Kier molecular flexibility index (Phi) is 2.27. The van der Waals surface area contributed by atoms with E-state index in [-0.39, 0.29) is 6.04 Å². The Hall–Kier alpha value is -0.570. The van der Waals surface area contributed by atoms with Gasteiger partial charge < -0.3 is 10.4 Å². The molecule has 2 unspecified atom stereocenters. The van der Waals surface area contributed by atoms with Crippen LogP contribution in [0.5, 0.6) is 0 Å². The molecule has 0 aromatic carbocycles. The molecular weight excluding hydrogens is 130 g/mol. The maximum atomic E-state index is 10.3. The standard InChI is InChI=1S/C7H13NO2/c1-2-3-5-4-6(8-5)7(9)10/h5-6,8H,2-4H2,1H3,(H,9,10). The van der Waals surface area contributed by atoms with E-state index in [1.54, 1.807) is 0 Å². The first-order chi connectivity index (χ1) is 4.74. The van der Waals surface area contributed by atoms with Crippen LogP contribution in [0.25, 0.3) is 0 Å². The van der Waals surface area contributed by atoms with Crippen LogP contribution < -0.4 is 5.32 Å². The van der Waals surface area contributed by atoms with Gasteiger partial charge in [-0.05, 0) is 12.8 Å². The van der Waals surface area contributed by atoms with Gasteiger partial charge in [0.05, 0.1) is 0 Å². The molecule has 0 bridgehead atoms. The van der Waals surface area contributed by atoms with Gasteiger partial charge >= 0.3 is 5.97 Å². The Balaban J connectivity index is 2.12. The van der Waals surface area contributed by atoms with E-state index in [2.05, 4.69) is 12.2 Å². The number of carbonyl (C=O) groups is 1. The summed E-state index contributed by atoms with van der Waals surface area (Å²) in [5, 5.41) is 11.4. The molecule has 1 aliphatic rings. The zero-order chi connectivity index (χ0) is 7.56. The second-order valence-electron chi connectivity index (χ2n) is 2.78. The van der Waals surface area contributed by atoms with Gasteiger partial charge in [-0.1, -0.05) is 13.3 Å². The topological polar surface area (TPSA) is 49.3 Å². The lowest BCUT2D eigenvalue weighted by molar-refractivity contribution is -0.142. The molecule has 3 heteroatoms. The summed E-state index contributed by atoms with van der Waals surface area (Å²) in [7, 11) is 0. The minimum absolute atomic E-state index is 0.267. The zero-order valence-corrected chi connectivity index (χ0v) is 6.13. The van der Waals surface area contributed by atoms with Gasteiger partial charge in [-0.3, -0.25) is 4.79 Å². The van der Waals surface area contributed by atoms with E-state index in [1.807, 2.05) is 0 Å². The number of nitrogens with one attached hydrogen (secondary N) is 1. The van der Waals surface area contributed by atoms with Crippen molar-refractivity contribution < 1.29 is 9.90 Å². The fourth-order valence-corrected chi connectivity index (χ4v) is 1.27. The Morgan fingerprint density at radius 1 is 1.80 bits per heavy atom. The van der Waals surface area contributed by atoms with Crippen LogP contribution in [-0.2, 0) is 4.79 Å². The van der Waals surface area contributed by atoms with Crippen molar-refractivity contribution in [3.05, 3.63) is 0 Å². The second kappa shape index (κ2) is 3.01. The van der Waals surface area contributed by atoms with Crippen LogP contribution in [0.2, 0.25) is 0 Å². The highest BCUT2D eigenvalue weighted by molar-refractivity contribution is 5.74. The molecule has 1 heterocycles. The van der Waals surface area contributed by atoms with E-state index >= 15 is 0 Å². The van der Waals surface area contributed by atoms with Crippen molar-refractivity contribution in [2.45, 2.75) is 38.3 Å². The van der Waals surface area contributed by atoms with Gasteiger partial charge in [0.2, 0.25) is 0 Å². The fraction of sp³-hybridized carbons (Fsp3) is 0.857. The maximum Gasteiger partial charge on any atom is 0.320 e. The van der Waals surface area contributed by atoms with Gasteiger partial charge in [-0.2, -0.15) is 0 Å². The van der Waals surface area contributed by atoms with E-state index < -0.39 is 5.97 Å². The predicted molar refractivity (Wildman–Crippen MR) is 37.9 cm³/mol. The first-order valence-corrected chi connectivity index (χ1v) is 3.73. The van der Waals surface area contributed by atoms with Gasteiger partial charge in [0.25, 0.3) is 0 Å². The molecule has 0 aromatic heterocycles. The average Bonchev–Trinajstić information content (AvgIpc) is 1.76. The second-order valence-corrected chi connectivity index (χ2v) is 2.78. The number of hydrogen-bond donors (Lipinski definition) is 2. The predicted octanol–water partition coefficient (Wildman–Crippen LogP) is 0.602. The van der Waals surface area contributed by atoms with Crippen molar-refractivity contribution in [2.75, 3.05) is 0 Å². The zero-order valence-electron chi connectivity index (χ0n) is 6.13. The molecule has 10 heavy (non-hydrogen) atoms. The number of aliphatic carboxylic acids is 1. The highest BCUT2D eigenvalue weighted by Crippen LogP contribution is 2.15. The summed E-state index contributed by atoms with van der Waals surface area (Å²) in [5.41, 5.74) is 0. The smallest absolute Gasteiger partial charge is 0.320 e. The SMILES string of the molecule is CCCC1CC(C(=O)O)N1. The molecule has 58 valence electrons. The van der Waals surface area contributed by atoms with Crippen LogP contribution in [0.3, 0.4) is 0 Å². The molecule has 0 saturated carbocycles. The third kappa shape index (κ3) is 1.48. The van der Waals surface area contributed by atoms with E-state index in [9.17, 15) is 4.79 Å². The Labute approximate surface area is 60.4 Å². The van der Waals surface area contributed by atoms with Crippen molar-refractivity contribution in [1.82, 2.24) is 5.32 Å².